The Kier molecular flexibility index (Phi) is 90.6. The van der Waals surface area contributed by atoms with Gasteiger partial charge in [-0.3, -0.25) is 19.4 Å². The van der Waals surface area contributed by atoms with Crippen LogP contribution in [0.15, 0.2) is 91.0 Å². The van der Waals surface area contributed by atoms with Crippen LogP contribution < -0.4 is 33.0 Å². The van der Waals surface area contributed by atoms with Crippen molar-refractivity contribution >= 4 is 77.1 Å². The van der Waals surface area contributed by atoms with E-state index in [2.05, 4.69) is 70.8 Å². The van der Waals surface area contributed by atoms with E-state index in [1.807, 2.05) is 47.3 Å². The quantitative estimate of drug-likeness (QED) is 0.00580. The average Bonchev–Trinajstić information content (AvgIpc) is 0.744. The molecule has 0 spiro atoms. The number of nitrogens with one attached hydrogen (secondary N) is 1. The fourth-order valence-electron chi connectivity index (χ4n) is 12.6. The van der Waals surface area contributed by atoms with Crippen LogP contribution in [0.5, 0.6) is 0 Å². The van der Waals surface area contributed by atoms with Crippen molar-refractivity contribution in [2.45, 2.75) is 143 Å². The predicted octanol–water partition coefficient (Wildman–Crippen LogP) is 5.38. The zero-order chi connectivity index (χ0) is 87.8. The predicted molar refractivity (Wildman–Crippen MR) is 470 cm³/mol. The minimum Gasteiger partial charge on any atom is -0.423 e. The van der Waals surface area contributed by atoms with Crippen LogP contribution in [0.2, 0.25) is 0 Å². The van der Waals surface area contributed by atoms with E-state index >= 15 is 0 Å². The molecule has 37 heteroatoms. The van der Waals surface area contributed by atoms with E-state index in [1.165, 1.54) is 25.3 Å². The number of Topliss-reactive ketones (excluding diaryl/α,β-unsaturated/α-hetero) is 2. The first-order valence-electron chi connectivity index (χ1n) is 41.8. The molecular weight excluding hydrogens is 1910 g/mol. The largest absolute Gasteiger partial charge is 0.488 e. The number of fused-ring (bicyclic) bond motifs is 2. The van der Waals surface area contributed by atoms with Crippen molar-refractivity contribution in [3.63, 3.8) is 0 Å². The number of carbonyl (C=O) groups excluding carboxylic acids is 3. The second-order valence-electron chi connectivity index (χ2n) is 29.0. The number of nitrogens with zero attached hydrogens (tertiary/aromatic N) is 2. The molecule has 15 N–H and O–H groups in total. The zero-order valence-corrected chi connectivity index (χ0v) is 87.0. The van der Waals surface area contributed by atoms with Gasteiger partial charge in [-0.1, -0.05) is 154 Å². The van der Waals surface area contributed by atoms with Crippen molar-refractivity contribution < 1.29 is 247 Å². The van der Waals surface area contributed by atoms with Gasteiger partial charge in [0, 0.05) is 204 Å². The molecule has 0 bridgehead atoms. The number of thiol groups is 1. The zero-order valence-electron chi connectivity index (χ0n) is 74.7. The number of hydrogen-bond donors (Lipinski definition) is 13. The minimum atomic E-state index is -1.57. The average molecular weight is 2060 g/mol. The Balaban J connectivity index is -0.000000886. The van der Waals surface area contributed by atoms with Crippen molar-refractivity contribution in [2.24, 2.45) is 28.0 Å². The van der Waals surface area contributed by atoms with Crippen molar-refractivity contribution in [3.05, 3.63) is 119 Å². The molecular formula is C86H148B2N6O24SY4. The Morgan fingerprint density at radius 1 is 0.407 bits per heavy atom. The van der Waals surface area contributed by atoms with Crippen LogP contribution >= 0.6 is 12.8 Å². The molecule has 0 aliphatic carbocycles. The van der Waals surface area contributed by atoms with Crippen LogP contribution in [-0.2, 0) is 228 Å². The van der Waals surface area contributed by atoms with Gasteiger partial charge in [-0.15, -0.1) is 0 Å². The summed E-state index contributed by atoms with van der Waals surface area (Å²) >= 11 is 3.46. The van der Waals surface area contributed by atoms with Gasteiger partial charge in [-0.05, 0) is 146 Å². The van der Waals surface area contributed by atoms with Crippen molar-refractivity contribution in [1.82, 2.24) is 14.7 Å². The summed E-state index contributed by atoms with van der Waals surface area (Å²) in [5.41, 5.74) is 21.3. The number of ketones is 2. The maximum absolute atomic E-state index is 12.9. The van der Waals surface area contributed by atoms with Gasteiger partial charge in [0.25, 0.3) is 0 Å². The molecule has 5 aromatic rings. The Hall–Kier alpha value is -0.715. The Bertz CT molecular complexity index is 3230. The Morgan fingerprint density at radius 3 is 1.04 bits per heavy atom. The number of rotatable bonds is 68. The van der Waals surface area contributed by atoms with Gasteiger partial charge in [0.1, 0.15) is 5.78 Å². The third-order valence-electron chi connectivity index (χ3n) is 18.8. The molecule has 0 saturated carbocycles. The standard InChI is InChI=1S/C46H62B2N4O5.C17H36O8.C13H28O8.C6H11NO3S.C4H11N.4Y/c1-35(53)36-24-25-41-42(30-36)44(34-52(29-17-7-3-5-15-27-50)32-38-19-9-13-23-46(38)48(56)57)40-21-11-10-20-39(40)43(41)33-51(28-16-6-2-4-14-26-49)31-37-18-8-12-22-45(37)47(54)55;1-18-5-9-22-13-17(14-23-10-6-19-2,15-24-11-7-20-3)16-25-12-8-21-4;14-1-5-18-9-13(10-19-6-2-15,11-20-7-3-16)12-21-8-4-17;1-5(8)3-2-4-6(9)10-7-11;1-2-3-4-5;;;;/h8-13,18-25,30,54-57H,2-7,14-17,26-29,31-34,49-50H2,1H3;5-16H2,1-4H3;14-17H,1-12H2;7,11H,2-4H2,1H3;2-5H2,1H3;;;;. The third-order valence-corrected chi connectivity index (χ3v) is 18.9. The van der Waals surface area contributed by atoms with Gasteiger partial charge in [-0.2, -0.15) is 0 Å². The van der Waals surface area contributed by atoms with E-state index in [9.17, 15) is 34.5 Å². The number of benzene rings is 5. The molecule has 0 saturated heterocycles. The van der Waals surface area contributed by atoms with E-state index in [1.54, 1.807) is 47.5 Å². The fraction of sp³-hybridized carbons (Fsp3) is 0.663. The fourth-order valence-corrected chi connectivity index (χ4v) is 12.7. The maximum atomic E-state index is 12.9. The topological polar surface area (TPSA) is 430 Å². The summed E-state index contributed by atoms with van der Waals surface area (Å²) in [6, 6.07) is 29.7. The smallest absolute Gasteiger partial charge is 0.423 e. The molecule has 0 fully saturated rings. The monoisotopic (exact) mass is 2060 g/mol. The molecule has 0 amide bonds. The number of nitrogens with two attached hydrogens (primary N) is 3. The molecule has 0 atom stereocenters. The van der Waals surface area contributed by atoms with Gasteiger partial charge in [-0.25, -0.2) is 0 Å². The summed E-state index contributed by atoms with van der Waals surface area (Å²) in [5, 5.41) is 80.6. The van der Waals surface area contributed by atoms with Crippen LogP contribution in [-0.4, -0.2) is 302 Å². The summed E-state index contributed by atoms with van der Waals surface area (Å²) in [7, 11) is 3.45. The van der Waals surface area contributed by atoms with E-state index in [0.717, 1.165) is 122 Å². The van der Waals surface area contributed by atoms with E-state index < -0.39 is 31.0 Å². The molecule has 690 valence electrons. The van der Waals surface area contributed by atoms with Crippen molar-refractivity contribution in [1.29, 1.82) is 0 Å². The minimum absolute atomic E-state index is 0. The van der Waals surface area contributed by atoms with Crippen LogP contribution in [0.3, 0.4) is 0 Å². The summed E-state index contributed by atoms with van der Waals surface area (Å²) in [6.07, 6.45) is 14.3. The first-order chi connectivity index (χ1) is 57.8. The van der Waals surface area contributed by atoms with Crippen molar-refractivity contribution in [2.75, 3.05) is 220 Å². The molecule has 0 heterocycles. The first-order valence-corrected chi connectivity index (χ1v) is 42.2. The number of aliphatic hydroxyl groups is 4. The number of hydrogen-bond acceptors (Lipinski definition) is 31. The number of aliphatic hydroxyl groups excluding tert-OH is 4. The van der Waals surface area contributed by atoms with E-state index in [-0.39, 0.29) is 228 Å². The second kappa shape index (κ2) is 86.7. The number of methoxy groups -OCH3 is 4. The maximum Gasteiger partial charge on any atom is 0.488 e. The SMILES string of the molecule is CC(=O)CCCC(=O)ONS.CC(=O)c1ccc2c(CN(CCCCCCCN)Cc3ccccc3B(O)O)c3ccccc3c(CN(CCCCCCCN)Cc3ccccc3B(O)O)c2c1.CCCCN.COCCOCC(COCCOC)(COCCOC)COCCOC.OCCOCC(COCCO)(COCCO)COCCO.[Y].[Y].[Y].[Y]. The van der Waals surface area contributed by atoms with Crippen LogP contribution in [0.25, 0.3) is 21.5 Å². The summed E-state index contributed by atoms with van der Waals surface area (Å²) in [4.78, 5) is 45.0. The summed E-state index contributed by atoms with van der Waals surface area (Å²) in [5.74, 6) is -0.314. The molecule has 0 aliphatic heterocycles. The summed E-state index contributed by atoms with van der Waals surface area (Å²) in [6.45, 7) is 18.7. The van der Waals surface area contributed by atoms with Crippen LogP contribution in [0, 0.1) is 10.8 Å². The molecule has 123 heavy (non-hydrogen) atoms. The second-order valence-corrected chi connectivity index (χ2v) is 29.2. The number of unbranched alkanes of at least 4 members (excludes halogenated alkanes) is 9. The first kappa shape index (κ1) is 129. The van der Waals surface area contributed by atoms with Gasteiger partial charge in [0.05, 0.1) is 169 Å². The normalized spacial score (nSPS) is 11.1. The summed E-state index contributed by atoms with van der Waals surface area (Å²) < 4.78 is 64.6. The van der Waals surface area contributed by atoms with Crippen LogP contribution in [0.1, 0.15) is 150 Å². The van der Waals surface area contributed by atoms with Gasteiger partial charge in [0.2, 0.25) is 0 Å². The molecule has 5 aromatic carbocycles. The van der Waals surface area contributed by atoms with E-state index in [4.69, 9.17) is 94.5 Å². The molecule has 30 nitrogen and oxygen atoms in total. The molecule has 0 aliphatic rings. The molecule has 4 radical (unpaired) electrons. The van der Waals surface area contributed by atoms with E-state index in [0.29, 0.717) is 148 Å². The van der Waals surface area contributed by atoms with Crippen LogP contribution in [0.4, 0.5) is 0 Å². The van der Waals surface area contributed by atoms with Gasteiger partial charge in [0.15, 0.2) is 5.78 Å². The number of ether oxygens (including phenoxy) is 12. The number of carbonyl (C=O) groups is 3. The molecule has 5 rings (SSSR count). The van der Waals surface area contributed by atoms with Gasteiger partial charge >= 0.3 is 20.2 Å². The van der Waals surface area contributed by atoms with Crippen molar-refractivity contribution in [3.8, 4) is 0 Å². The van der Waals surface area contributed by atoms with Gasteiger partial charge < -0.3 is 124 Å². The Labute approximate surface area is 840 Å². The molecule has 0 unspecified atom stereocenters. The Morgan fingerprint density at radius 2 is 0.732 bits per heavy atom. The third kappa shape index (κ3) is 60.9. The molecule has 0 aromatic heterocycles.